The highest BCUT2D eigenvalue weighted by Gasteiger charge is 2.20. The van der Waals surface area contributed by atoms with Crippen molar-refractivity contribution >= 4 is 44.4 Å². The third-order valence-electron chi connectivity index (χ3n) is 2.89. The lowest BCUT2D eigenvalue weighted by molar-refractivity contribution is -0.384. The van der Waals surface area contributed by atoms with Gasteiger partial charge in [-0.1, -0.05) is 23.7 Å². The third-order valence-corrected chi connectivity index (χ3v) is 5.36. The number of halogens is 1. The molecule has 0 saturated carbocycles. The first-order chi connectivity index (χ1) is 10.7. The van der Waals surface area contributed by atoms with E-state index >= 15 is 0 Å². The van der Waals surface area contributed by atoms with Gasteiger partial charge < -0.3 is 5.32 Å². The number of hydrogen-bond donors (Lipinski definition) is 1. The van der Waals surface area contributed by atoms with Gasteiger partial charge in [0.1, 0.15) is 4.88 Å². The minimum atomic E-state index is -3.27. The second kappa shape index (κ2) is 6.65. The fourth-order valence-corrected chi connectivity index (χ4v) is 3.49. The van der Waals surface area contributed by atoms with E-state index in [9.17, 15) is 23.3 Å². The molecule has 0 spiro atoms. The molecule has 0 aliphatic rings. The maximum Gasteiger partial charge on any atom is 0.299 e. The molecule has 1 heterocycles. The number of amides is 1. The van der Waals surface area contributed by atoms with Crippen LogP contribution in [0, 0.1) is 10.1 Å². The topological polar surface area (TPSA) is 106 Å². The van der Waals surface area contributed by atoms with E-state index in [2.05, 4.69) is 5.32 Å². The number of benzene rings is 1. The molecule has 0 fully saturated rings. The SMILES string of the molecule is CS(=O)(=O)c1ccc(CNC(=O)c2cc([N+](=O)[O-])c(Cl)s2)cc1. The molecule has 1 aromatic carbocycles. The summed E-state index contributed by atoms with van der Waals surface area (Å²) >= 11 is 6.53. The van der Waals surface area contributed by atoms with Crippen molar-refractivity contribution in [3.05, 3.63) is 55.2 Å². The Morgan fingerprint density at radius 2 is 1.96 bits per heavy atom. The molecule has 2 aromatic rings. The van der Waals surface area contributed by atoms with Crippen LogP contribution < -0.4 is 5.32 Å². The summed E-state index contributed by atoms with van der Waals surface area (Å²) in [5, 5.41) is 13.3. The number of nitrogens with zero attached hydrogens (tertiary/aromatic N) is 1. The first-order valence-corrected chi connectivity index (χ1v) is 9.28. The summed E-state index contributed by atoms with van der Waals surface area (Å²) in [6.07, 6.45) is 1.11. The summed E-state index contributed by atoms with van der Waals surface area (Å²) in [7, 11) is -3.27. The highest BCUT2D eigenvalue weighted by Crippen LogP contribution is 2.33. The Labute approximate surface area is 141 Å². The summed E-state index contributed by atoms with van der Waals surface area (Å²) in [6, 6.07) is 7.18. The zero-order valence-electron chi connectivity index (χ0n) is 11.8. The number of carbonyl (C=O) groups excluding carboxylic acids is 1. The lowest BCUT2D eigenvalue weighted by Crippen LogP contribution is -2.21. The largest absolute Gasteiger partial charge is 0.347 e. The van der Waals surface area contributed by atoms with Gasteiger partial charge in [0.25, 0.3) is 11.6 Å². The number of nitro groups is 1. The number of rotatable bonds is 5. The number of nitrogens with one attached hydrogen (secondary N) is 1. The lowest BCUT2D eigenvalue weighted by atomic mass is 10.2. The molecule has 122 valence electrons. The molecule has 1 amide bonds. The van der Waals surface area contributed by atoms with Crippen molar-refractivity contribution in [2.75, 3.05) is 6.26 Å². The average molecular weight is 375 g/mol. The van der Waals surface area contributed by atoms with Gasteiger partial charge in [-0.05, 0) is 17.7 Å². The monoisotopic (exact) mass is 374 g/mol. The molecular weight excluding hydrogens is 364 g/mol. The minimum Gasteiger partial charge on any atom is -0.347 e. The van der Waals surface area contributed by atoms with E-state index in [1.165, 1.54) is 12.1 Å². The van der Waals surface area contributed by atoms with E-state index < -0.39 is 20.7 Å². The van der Waals surface area contributed by atoms with E-state index in [4.69, 9.17) is 11.6 Å². The molecule has 0 atom stereocenters. The Morgan fingerprint density at radius 3 is 2.43 bits per heavy atom. The van der Waals surface area contributed by atoms with Gasteiger partial charge in [0, 0.05) is 18.9 Å². The molecule has 0 bridgehead atoms. The Bertz CT molecular complexity index is 859. The predicted molar refractivity (Wildman–Crippen MR) is 86.7 cm³/mol. The van der Waals surface area contributed by atoms with Gasteiger partial charge in [0.05, 0.1) is 9.82 Å². The maximum atomic E-state index is 12.0. The summed E-state index contributed by atoms with van der Waals surface area (Å²) < 4.78 is 22.6. The molecule has 2 rings (SSSR count). The third kappa shape index (κ3) is 4.27. The quantitative estimate of drug-likeness (QED) is 0.639. The molecule has 7 nitrogen and oxygen atoms in total. The van der Waals surface area contributed by atoms with Gasteiger partial charge in [-0.25, -0.2) is 8.42 Å². The van der Waals surface area contributed by atoms with E-state index in [0.29, 0.717) is 5.56 Å². The molecule has 0 aliphatic carbocycles. The lowest BCUT2D eigenvalue weighted by Gasteiger charge is -2.04. The molecule has 1 aromatic heterocycles. The first-order valence-electron chi connectivity index (χ1n) is 6.19. The van der Waals surface area contributed by atoms with E-state index in [1.807, 2.05) is 0 Å². The molecule has 0 radical (unpaired) electrons. The molecule has 10 heteroatoms. The van der Waals surface area contributed by atoms with Gasteiger partial charge in [0.15, 0.2) is 14.2 Å². The van der Waals surface area contributed by atoms with Crippen molar-refractivity contribution < 1.29 is 18.1 Å². The average Bonchev–Trinajstić information content (AvgIpc) is 2.86. The van der Waals surface area contributed by atoms with Crippen LogP contribution in [0.25, 0.3) is 0 Å². The van der Waals surface area contributed by atoms with Crippen molar-refractivity contribution in [3.63, 3.8) is 0 Å². The number of thiophene rings is 1. The van der Waals surface area contributed by atoms with Crippen LogP contribution in [0.1, 0.15) is 15.2 Å². The molecule has 0 aliphatic heterocycles. The molecule has 0 saturated heterocycles. The number of sulfone groups is 1. The second-order valence-electron chi connectivity index (χ2n) is 4.63. The fraction of sp³-hybridized carbons (Fsp3) is 0.154. The Hall–Kier alpha value is -1.97. The highest BCUT2D eigenvalue weighted by atomic mass is 35.5. The molecule has 1 N–H and O–H groups in total. The van der Waals surface area contributed by atoms with Gasteiger partial charge in [-0.2, -0.15) is 0 Å². The van der Waals surface area contributed by atoms with Crippen molar-refractivity contribution in [1.29, 1.82) is 0 Å². The molecular formula is C13H11ClN2O5S2. The van der Waals surface area contributed by atoms with Crippen LogP contribution in [-0.2, 0) is 16.4 Å². The van der Waals surface area contributed by atoms with E-state index in [-0.39, 0.29) is 26.3 Å². The van der Waals surface area contributed by atoms with Gasteiger partial charge in [-0.15, -0.1) is 11.3 Å². The van der Waals surface area contributed by atoms with Crippen LogP contribution in [-0.4, -0.2) is 25.5 Å². The summed E-state index contributed by atoms with van der Waals surface area (Å²) in [6.45, 7) is 0.159. The maximum absolute atomic E-state index is 12.0. The Morgan fingerprint density at radius 1 is 1.35 bits per heavy atom. The first kappa shape index (κ1) is 17.4. The van der Waals surface area contributed by atoms with Crippen LogP contribution in [0.15, 0.2) is 35.2 Å². The van der Waals surface area contributed by atoms with Gasteiger partial charge >= 0.3 is 0 Å². The molecule has 0 unspecified atom stereocenters. The van der Waals surface area contributed by atoms with Crippen LogP contribution >= 0.6 is 22.9 Å². The minimum absolute atomic E-state index is 0.0577. The zero-order valence-corrected chi connectivity index (χ0v) is 14.2. The molecule has 23 heavy (non-hydrogen) atoms. The van der Waals surface area contributed by atoms with Crippen molar-refractivity contribution in [2.45, 2.75) is 11.4 Å². The Balaban J connectivity index is 2.04. The van der Waals surface area contributed by atoms with Crippen LogP contribution in [0.2, 0.25) is 4.34 Å². The van der Waals surface area contributed by atoms with Crippen LogP contribution in [0.4, 0.5) is 5.69 Å². The van der Waals surface area contributed by atoms with Crippen LogP contribution in [0.5, 0.6) is 0 Å². The van der Waals surface area contributed by atoms with Gasteiger partial charge in [-0.3, -0.25) is 14.9 Å². The highest BCUT2D eigenvalue weighted by molar-refractivity contribution is 7.90. The smallest absolute Gasteiger partial charge is 0.299 e. The zero-order chi connectivity index (χ0) is 17.2. The summed E-state index contributed by atoms with van der Waals surface area (Å²) in [4.78, 5) is 22.3. The standard InChI is InChI=1S/C13H11ClN2O5S2/c1-23(20,21)9-4-2-8(3-5-9)7-15-13(17)11-6-10(16(18)19)12(14)22-11/h2-6H,7H2,1H3,(H,15,17). The van der Waals surface area contributed by atoms with E-state index in [0.717, 1.165) is 23.7 Å². The fourth-order valence-electron chi connectivity index (χ4n) is 1.72. The summed E-state index contributed by atoms with van der Waals surface area (Å²) in [5.74, 6) is -0.489. The normalized spacial score (nSPS) is 11.2. The predicted octanol–water partition coefficient (Wildman–Crippen LogP) is 2.64. The van der Waals surface area contributed by atoms with Crippen LogP contribution in [0.3, 0.4) is 0 Å². The summed E-state index contributed by atoms with van der Waals surface area (Å²) in [5.41, 5.74) is 0.391. The second-order valence-corrected chi connectivity index (χ2v) is 8.30. The number of hydrogen-bond acceptors (Lipinski definition) is 6. The van der Waals surface area contributed by atoms with E-state index in [1.54, 1.807) is 12.1 Å². The van der Waals surface area contributed by atoms with Gasteiger partial charge in [0.2, 0.25) is 0 Å². The van der Waals surface area contributed by atoms with Crippen molar-refractivity contribution in [2.24, 2.45) is 0 Å². The van der Waals surface area contributed by atoms with Crippen molar-refractivity contribution in [1.82, 2.24) is 5.32 Å². The Kier molecular flexibility index (Phi) is 5.03. The van der Waals surface area contributed by atoms with Crippen molar-refractivity contribution in [3.8, 4) is 0 Å². The number of carbonyl (C=O) groups is 1.